The minimum absolute atomic E-state index is 0.0440. The monoisotopic (exact) mass is 286 g/mol. The van der Waals surface area contributed by atoms with E-state index in [9.17, 15) is 18.0 Å². The number of anilines is 1. The van der Waals surface area contributed by atoms with Gasteiger partial charge in [0, 0.05) is 11.7 Å². The fraction of sp³-hybridized carbons (Fsp3) is 0.500. The topological polar surface area (TPSA) is 41.1 Å². The third-order valence-electron chi connectivity index (χ3n) is 3.67. The Morgan fingerprint density at radius 3 is 2.65 bits per heavy atom. The van der Waals surface area contributed by atoms with Crippen molar-refractivity contribution in [3.05, 3.63) is 29.3 Å². The zero-order valence-corrected chi connectivity index (χ0v) is 11.3. The Labute approximate surface area is 115 Å². The lowest BCUT2D eigenvalue weighted by atomic mass is 10.0. The van der Waals surface area contributed by atoms with Crippen molar-refractivity contribution < 1.29 is 18.0 Å². The Morgan fingerprint density at radius 2 is 2.10 bits per heavy atom. The maximum Gasteiger partial charge on any atom is 0.416 e. The molecule has 2 unspecified atom stereocenters. The van der Waals surface area contributed by atoms with E-state index < -0.39 is 11.7 Å². The molecule has 0 radical (unpaired) electrons. The molecule has 6 heteroatoms. The summed E-state index contributed by atoms with van der Waals surface area (Å²) in [7, 11) is 0. The van der Waals surface area contributed by atoms with E-state index in [2.05, 4.69) is 10.6 Å². The van der Waals surface area contributed by atoms with Crippen LogP contribution in [0.3, 0.4) is 0 Å². The van der Waals surface area contributed by atoms with Crippen LogP contribution in [0.5, 0.6) is 0 Å². The van der Waals surface area contributed by atoms with Gasteiger partial charge in [0.2, 0.25) is 5.91 Å². The van der Waals surface area contributed by atoms with Crippen LogP contribution in [0.4, 0.5) is 18.9 Å². The summed E-state index contributed by atoms with van der Waals surface area (Å²) < 4.78 is 38.4. The smallest absolute Gasteiger partial charge is 0.326 e. The van der Waals surface area contributed by atoms with Crippen LogP contribution in [-0.2, 0) is 11.0 Å². The highest BCUT2D eigenvalue weighted by Gasteiger charge is 2.33. The standard InChI is InChI=1S/C14H17F3N2O/c1-8-3-4-10(7-12(8)14(15,16)17)19-13(20)11-5-6-18-9(11)2/h3-4,7,9,11,18H,5-6H2,1-2H3,(H,19,20). The molecule has 1 amide bonds. The van der Waals surface area contributed by atoms with E-state index in [1.165, 1.54) is 19.1 Å². The molecule has 2 atom stereocenters. The number of halogens is 3. The van der Waals surface area contributed by atoms with Gasteiger partial charge in [-0.05, 0) is 44.5 Å². The first-order valence-corrected chi connectivity index (χ1v) is 6.51. The number of aryl methyl sites for hydroxylation is 1. The van der Waals surface area contributed by atoms with Crippen molar-refractivity contribution in [2.24, 2.45) is 5.92 Å². The van der Waals surface area contributed by atoms with Gasteiger partial charge in [-0.1, -0.05) is 6.07 Å². The molecule has 1 fully saturated rings. The lowest BCUT2D eigenvalue weighted by Gasteiger charge is -2.16. The number of benzene rings is 1. The summed E-state index contributed by atoms with van der Waals surface area (Å²) in [4.78, 5) is 12.0. The molecule has 1 aromatic carbocycles. The second-order valence-corrected chi connectivity index (χ2v) is 5.15. The van der Waals surface area contributed by atoms with Crippen molar-refractivity contribution in [3.63, 3.8) is 0 Å². The number of alkyl halides is 3. The molecule has 0 aliphatic carbocycles. The van der Waals surface area contributed by atoms with Gasteiger partial charge in [0.25, 0.3) is 0 Å². The fourth-order valence-corrected chi connectivity index (χ4v) is 2.46. The highest BCUT2D eigenvalue weighted by atomic mass is 19.4. The van der Waals surface area contributed by atoms with Gasteiger partial charge in [-0.2, -0.15) is 13.2 Å². The molecule has 1 aliphatic rings. The minimum Gasteiger partial charge on any atom is -0.326 e. The van der Waals surface area contributed by atoms with Crippen molar-refractivity contribution in [2.45, 2.75) is 32.5 Å². The highest BCUT2D eigenvalue weighted by Crippen LogP contribution is 2.33. The summed E-state index contributed by atoms with van der Waals surface area (Å²) in [5.74, 6) is -0.440. The number of nitrogens with one attached hydrogen (secondary N) is 2. The summed E-state index contributed by atoms with van der Waals surface area (Å²) in [5, 5.41) is 5.72. The Hall–Kier alpha value is -1.56. The van der Waals surface area contributed by atoms with Crippen LogP contribution in [0, 0.1) is 12.8 Å². The zero-order valence-electron chi connectivity index (χ0n) is 11.3. The molecule has 0 bridgehead atoms. The number of carbonyl (C=O) groups is 1. The lowest BCUT2D eigenvalue weighted by Crippen LogP contribution is -2.32. The predicted octanol–water partition coefficient (Wildman–Crippen LogP) is 2.95. The second kappa shape index (κ2) is 5.44. The number of hydrogen-bond acceptors (Lipinski definition) is 2. The quantitative estimate of drug-likeness (QED) is 0.877. The Bertz CT molecular complexity index is 514. The normalized spacial score (nSPS) is 22.9. The third-order valence-corrected chi connectivity index (χ3v) is 3.67. The van der Waals surface area contributed by atoms with Crippen LogP contribution in [-0.4, -0.2) is 18.5 Å². The summed E-state index contributed by atoms with van der Waals surface area (Å²) in [5.41, 5.74) is -0.383. The first kappa shape index (κ1) is 14.8. The Kier molecular flexibility index (Phi) is 4.04. The number of amides is 1. The Morgan fingerprint density at radius 1 is 1.40 bits per heavy atom. The molecule has 110 valence electrons. The van der Waals surface area contributed by atoms with Crippen LogP contribution >= 0.6 is 0 Å². The molecule has 1 saturated heterocycles. The van der Waals surface area contributed by atoms with Crippen molar-refractivity contribution >= 4 is 11.6 Å². The molecule has 1 heterocycles. The number of carbonyl (C=O) groups excluding carboxylic acids is 1. The van der Waals surface area contributed by atoms with Gasteiger partial charge >= 0.3 is 6.18 Å². The van der Waals surface area contributed by atoms with Gasteiger partial charge in [-0.15, -0.1) is 0 Å². The third kappa shape index (κ3) is 3.12. The first-order chi connectivity index (χ1) is 9.29. The predicted molar refractivity (Wildman–Crippen MR) is 70.4 cm³/mol. The van der Waals surface area contributed by atoms with Crippen LogP contribution in [0.25, 0.3) is 0 Å². The molecular formula is C14H17F3N2O. The molecule has 3 nitrogen and oxygen atoms in total. The van der Waals surface area contributed by atoms with E-state index in [1.807, 2.05) is 6.92 Å². The maximum atomic E-state index is 12.8. The first-order valence-electron chi connectivity index (χ1n) is 6.51. The van der Waals surface area contributed by atoms with Gasteiger partial charge in [0.05, 0.1) is 11.5 Å². The van der Waals surface area contributed by atoms with Gasteiger partial charge in [-0.3, -0.25) is 4.79 Å². The Balaban J connectivity index is 2.16. The lowest BCUT2D eigenvalue weighted by molar-refractivity contribution is -0.138. The molecule has 0 saturated carbocycles. The second-order valence-electron chi connectivity index (χ2n) is 5.15. The highest BCUT2D eigenvalue weighted by molar-refractivity contribution is 5.93. The number of rotatable bonds is 2. The minimum atomic E-state index is -4.41. The van der Waals surface area contributed by atoms with Crippen molar-refractivity contribution in [3.8, 4) is 0 Å². The van der Waals surface area contributed by atoms with Gasteiger partial charge in [-0.25, -0.2) is 0 Å². The molecule has 1 aromatic rings. The van der Waals surface area contributed by atoms with E-state index in [1.54, 1.807) is 0 Å². The molecule has 2 rings (SSSR count). The van der Waals surface area contributed by atoms with Crippen molar-refractivity contribution in [1.82, 2.24) is 5.32 Å². The summed E-state index contributed by atoms with van der Waals surface area (Å²) in [6, 6.07) is 3.90. The molecule has 20 heavy (non-hydrogen) atoms. The van der Waals surface area contributed by atoms with E-state index in [4.69, 9.17) is 0 Å². The zero-order chi connectivity index (χ0) is 14.9. The largest absolute Gasteiger partial charge is 0.416 e. The van der Waals surface area contributed by atoms with Gasteiger partial charge in [0.15, 0.2) is 0 Å². The molecule has 0 aromatic heterocycles. The summed E-state index contributed by atoms with van der Waals surface area (Å²) >= 11 is 0. The van der Waals surface area contributed by atoms with Crippen molar-refractivity contribution in [2.75, 3.05) is 11.9 Å². The summed E-state index contributed by atoms with van der Waals surface area (Å²) in [6.45, 7) is 4.05. The number of hydrogen-bond donors (Lipinski definition) is 2. The molecule has 0 spiro atoms. The average Bonchev–Trinajstić information content (AvgIpc) is 2.76. The van der Waals surface area contributed by atoms with Crippen LogP contribution in [0.15, 0.2) is 18.2 Å². The average molecular weight is 286 g/mol. The van der Waals surface area contributed by atoms with E-state index >= 15 is 0 Å². The van der Waals surface area contributed by atoms with E-state index in [-0.39, 0.29) is 29.1 Å². The fourth-order valence-electron chi connectivity index (χ4n) is 2.46. The van der Waals surface area contributed by atoms with Gasteiger partial charge in [0.1, 0.15) is 0 Å². The molecule has 2 N–H and O–H groups in total. The van der Waals surface area contributed by atoms with E-state index in [0.29, 0.717) is 6.42 Å². The molecule has 1 aliphatic heterocycles. The van der Waals surface area contributed by atoms with Crippen molar-refractivity contribution in [1.29, 1.82) is 0 Å². The maximum absolute atomic E-state index is 12.8. The SMILES string of the molecule is Cc1ccc(NC(=O)C2CCNC2C)cc1C(F)(F)F. The molecular weight excluding hydrogens is 269 g/mol. The van der Waals surface area contributed by atoms with Crippen LogP contribution in [0.1, 0.15) is 24.5 Å². The summed E-state index contributed by atoms with van der Waals surface area (Å²) in [6.07, 6.45) is -3.71. The van der Waals surface area contributed by atoms with Gasteiger partial charge < -0.3 is 10.6 Å². The van der Waals surface area contributed by atoms with Crippen LogP contribution in [0.2, 0.25) is 0 Å². The van der Waals surface area contributed by atoms with E-state index in [0.717, 1.165) is 12.6 Å². The van der Waals surface area contributed by atoms with Crippen LogP contribution < -0.4 is 10.6 Å².